The highest BCUT2D eigenvalue weighted by Crippen LogP contribution is 2.22. The van der Waals surface area contributed by atoms with E-state index >= 15 is 0 Å². The third-order valence-corrected chi connectivity index (χ3v) is 4.46. The lowest BCUT2D eigenvalue weighted by atomic mass is 10.2. The molecule has 1 fully saturated rings. The van der Waals surface area contributed by atoms with Crippen LogP contribution in [0.3, 0.4) is 0 Å². The number of pyridine rings is 1. The van der Waals surface area contributed by atoms with E-state index in [2.05, 4.69) is 25.2 Å². The standard InChI is InChI=1S/C18H16ClN5O/c19-14-11-21-18(24-7-3-4-8-24)23-16(14)17(25)22-13-9-12-5-1-2-6-15(12)20-10-13/h1-2,5-6,9-11H,3-4,7-8H2,(H,22,25). The highest BCUT2D eigenvalue weighted by atomic mass is 35.5. The average Bonchev–Trinajstić information content (AvgIpc) is 3.16. The summed E-state index contributed by atoms with van der Waals surface area (Å²) in [5.74, 6) is 0.175. The number of nitrogens with zero attached hydrogens (tertiary/aromatic N) is 4. The van der Waals surface area contributed by atoms with Crippen molar-refractivity contribution in [1.29, 1.82) is 0 Å². The van der Waals surface area contributed by atoms with Crippen molar-refractivity contribution in [3.63, 3.8) is 0 Å². The Balaban J connectivity index is 1.60. The van der Waals surface area contributed by atoms with Crippen LogP contribution in [-0.2, 0) is 0 Å². The van der Waals surface area contributed by atoms with Crippen LogP contribution in [0.5, 0.6) is 0 Å². The topological polar surface area (TPSA) is 71.0 Å². The summed E-state index contributed by atoms with van der Waals surface area (Å²) in [6.07, 6.45) is 5.32. The van der Waals surface area contributed by atoms with Gasteiger partial charge in [0.25, 0.3) is 5.91 Å². The molecule has 1 aliphatic rings. The fourth-order valence-electron chi connectivity index (χ4n) is 2.92. The molecule has 3 aromatic rings. The van der Waals surface area contributed by atoms with Gasteiger partial charge in [0.1, 0.15) is 0 Å². The van der Waals surface area contributed by atoms with Crippen molar-refractivity contribution in [1.82, 2.24) is 15.0 Å². The van der Waals surface area contributed by atoms with E-state index in [1.165, 1.54) is 6.20 Å². The van der Waals surface area contributed by atoms with Crippen LogP contribution in [0.2, 0.25) is 5.02 Å². The van der Waals surface area contributed by atoms with E-state index in [0.717, 1.165) is 36.8 Å². The predicted octanol–water partition coefficient (Wildman–Crippen LogP) is 3.53. The quantitative estimate of drug-likeness (QED) is 0.780. The summed E-state index contributed by atoms with van der Waals surface area (Å²) < 4.78 is 0. The molecule has 1 N–H and O–H groups in total. The van der Waals surface area contributed by atoms with Gasteiger partial charge in [0.2, 0.25) is 5.95 Å². The third-order valence-electron chi connectivity index (χ3n) is 4.18. The number of para-hydroxylation sites is 1. The van der Waals surface area contributed by atoms with Gasteiger partial charge >= 0.3 is 0 Å². The largest absolute Gasteiger partial charge is 0.341 e. The maximum Gasteiger partial charge on any atom is 0.276 e. The van der Waals surface area contributed by atoms with Crippen molar-refractivity contribution in [2.45, 2.75) is 12.8 Å². The molecule has 0 saturated carbocycles. The second-order valence-electron chi connectivity index (χ2n) is 5.93. The molecule has 2 aromatic heterocycles. The van der Waals surface area contributed by atoms with Gasteiger partial charge in [-0.25, -0.2) is 9.97 Å². The first-order valence-corrected chi connectivity index (χ1v) is 8.52. The monoisotopic (exact) mass is 353 g/mol. The number of aromatic nitrogens is 3. The summed E-state index contributed by atoms with van der Waals surface area (Å²) in [5.41, 5.74) is 1.64. The van der Waals surface area contributed by atoms with Crippen molar-refractivity contribution >= 4 is 40.0 Å². The van der Waals surface area contributed by atoms with E-state index in [4.69, 9.17) is 11.6 Å². The Hall–Kier alpha value is -2.73. The Morgan fingerprint density at radius 1 is 1.12 bits per heavy atom. The molecule has 6 nitrogen and oxygen atoms in total. The van der Waals surface area contributed by atoms with Gasteiger partial charge in [0, 0.05) is 18.5 Å². The van der Waals surface area contributed by atoms with Crippen LogP contribution < -0.4 is 10.2 Å². The van der Waals surface area contributed by atoms with Gasteiger partial charge in [-0.2, -0.15) is 0 Å². The van der Waals surface area contributed by atoms with Crippen LogP contribution in [0.25, 0.3) is 10.9 Å². The van der Waals surface area contributed by atoms with Gasteiger partial charge in [0.15, 0.2) is 5.69 Å². The number of carbonyl (C=O) groups is 1. The number of benzene rings is 1. The van der Waals surface area contributed by atoms with Crippen LogP contribution in [0.4, 0.5) is 11.6 Å². The zero-order valence-corrected chi connectivity index (χ0v) is 14.2. The van der Waals surface area contributed by atoms with Crippen molar-refractivity contribution < 1.29 is 4.79 Å². The number of anilines is 2. The molecule has 25 heavy (non-hydrogen) atoms. The van der Waals surface area contributed by atoms with Crippen molar-refractivity contribution in [2.75, 3.05) is 23.3 Å². The van der Waals surface area contributed by atoms with Gasteiger partial charge in [-0.3, -0.25) is 9.78 Å². The summed E-state index contributed by atoms with van der Waals surface area (Å²) in [7, 11) is 0. The highest BCUT2D eigenvalue weighted by molar-refractivity contribution is 6.34. The first kappa shape index (κ1) is 15.8. The number of hydrogen-bond acceptors (Lipinski definition) is 5. The molecule has 0 atom stereocenters. The molecule has 1 aliphatic heterocycles. The molecule has 0 spiro atoms. The second kappa shape index (κ2) is 6.64. The Morgan fingerprint density at radius 3 is 2.76 bits per heavy atom. The zero-order chi connectivity index (χ0) is 17.2. The fraction of sp³-hybridized carbons (Fsp3) is 0.222. The van der Waals surface area contributed by atoms with Crippen LogP contribution in [0.15, 0.2) is 42.7 Å². The molecule has 126 valence electrons. The molecule has 1 aromatic carbocycles. The predicted molar refractivity (Wildman–Crippen MR) is 98.2 cm³/mol. The lowest BCUT2D eigenvalue weighted by Crippen LogP contribution is -2.23. The Labute approximate surface area is 149 Å². The molecular weight excluding hydrogens is 338 g/mol. The van der Waals surface area contributed by atoms with Gasteiger partial charge in [-0.1, -0.05) is 29.8 Å². The smallest absolute Gasteiger partial charge is 0.276 e. The molecule has 3 heterocycles. The molecular formula is C18H16ClN5O. The molecule has 0 radical (unpaired) electrons. The van der Waals surface area contributed by atoms with Crippen molar-refractivity contribution in [3.8, 4) is 0 Å². The molecule has 1 saturated heterocycles. The first-order chi connectivity index (χ1) is 12.2. The van der Waals surface area contributed by atoms with Crippen molar-refractivity contribution in [3.05, 3.63) is 53.4 Å². The average molecular weight is 354 g/mol. The van der Waals surface area contributed by atoms with E-state index in [1.54, 1.807) is 6.20 Å². The Kier molecular flexibility index (Phi) is 4.19. The van der Waals surface area contributed by atoms with Gasteiger partial charge in [-0.05, 0) is 25.0 Å². The minimum absolute atomic E-state index is 0.173. The maximum atomic E-state index is 12.6. The van der Waals surface area contributed by atoms with E-state index in [1.807, 2.05) is 30.3 Å². The second-order valence-corrected chi connectivity index (χ2v) is 6.34. The van der Waals surface area contributed by atoms with E-state index in [0.29, 0.717) is 11.6 Å². The number of carbonyl (C=O) groups excluding carboxylic acids is 1. The number of nitrogens with one attached hydrogen (secondary N) is 1. The van der Waals surface area contributed by atoms with E-state index in [9.17, 15) is 4.79 Å². The minimum atomic E-state index is -0.370. The lowest BCUT2D eigenvalue weighted by molar-refractivity contribution is 0.102. The summed E-state index contributed by atoms with van der Waals surface area (Å²) in [6, 6.07) is 9.59. The molecule has 7 heteroatoms. The number of hydrogen-bond donors (Lipinski definition) is 1. The van der Waals surface area contributed by atoms with E-state index in [-0.39, 0.29) is 16.6 Å². The highest BCUT2D eigenvalue weighted by Gasteiger charge is 2.19. The van der Waals surface area contributed by atoms with Crippen LogP contribution >= 0.6 is 11.6 Å². The number of halogens is 1. The van der Waals surface area contributed by atoms with Crippen molar-refractivity contribution in [2.24, 2.45) is 0 Å². The van der Waals surface area contributed by atoms with E-state index < -0.39 is 0 Å². The zero-order valence-electron chi connectivity index (χ0n) is 13.4. The normalized spacial score (nSPS) is 14.0. The minimum Gasteiger partial charge on any atom is -0.341 e. The number of amides is 1. The van der Waals surface area contributed by atoms with Gasteiger partial charge in [0.05, 0.1) is 28.6 Å². The third kappa shape index (κ3) is 3.25. The van der Waals surface area contributed by atoms with Crippen LogP contribution in [-0.4, -0.2) is 33.9 Å². The first-order valence-electron chi connectivity index (χ1n) is 8.14. The summed E-state index contributed by atoms with van der Waals surface area (Å²) in [6.45, 7) is 1.80. The molecule has 4 rings (SSSR count). The number of fused-ring (bicyclic) bond motifs is 1. The Morgan fingerprint density at radius 2 is 1.92 bits per heavy atom. The fourth-order valence-corrected chi connectivity index (χ4v) is 3.09. The number of rotatable bonds is 3. The van der Waals surface area contributed by atoms with Crippen LogP contribution in [0, 0.1) is 0 Å². The van der Waals surface area contributed by atoms with Gasteiger partial charge in [-0.15, -0.1) is 0 Å². The Bertz CT molecular complexity index is 940. The van der Waals surface area contributed by atoms with Gasteiger partial charge < -0.3 is 10.2 Å². The maximum absolute atomic E-state index is 12.6. The molecule has 0 aliphatic carbocycles. The molecule has 0 unspecified atom stereocenters. The SMILES string of the molecule is O=C(Nc1cnc2ccccc2c1)c1nc(N2CCCC2)ncc1Cl. The summed E-state index contributed by atoms with van der Waals surface area (Å²) in [5, 5.41) is 4.00. The molecule has 0 bridgehead atoms. The lowest BCUT2D eigenvalue weighted by Gasteiger charge is -2.16. The molecule has 1 amide bonds. The summed E-state index contributed by atoms with van der Waals surface area (Å²) >= 11 is 6.14. The van der Waals surface area contributed by atoms with Crippen LogP contribution in [0.1, 0.15) is 23.3 Å². The summed E-state index contributed by atoms with van der Waals surface area (Å²) in [4.78, 5) is 27.6.